The van der Waals surface area contributed by atoms with E-state index in [2.05, 4.69) is 15.0 Å². The molecule has 18 heavy (non-hydrogen) atoms. The Labute approximate surface area is 105 Å². The van der Waals surface area contributed by atoms with Crippen molar-refractivity contribution in [3.05, 3.63) is 29.8 Å². The number of hydrogen-bond donors (Lipinski definition) is 2. The highest BCUT2D eigenvalue weighted by Gasteiger charge is 2.32. The van der Waals surface area contributed by atoms with Gasteiger partial charge < -0.3 is 11.5 Å². The average Bonchev–Trinajstić information content (AvgIpc) is 3.16. The second-order valence-corrected chi connectivity index (χ2v) is 4.60. The van der Waals surface area contributed by atoms with E-state index in [0.29, 0.717) is 11.7 Å². The maximum absolute atomic E-state index is 5.74. The lowest BCUT2D eigenvalue weighted by molar-refractivity contribution is -0.606. The molecule has 0 bridgehead atoms. The number of anilines is 2. The molecule has 2 aromatic heterocycles. The van der Waals surface area contributed by atoms with Crippen LogP contribution in [0, 0.1) is 6.92 Å². The van der Waals surface area contributed by atoms with Gasteiger partial charge in [0.2, 0.25) is 0 Å². The van der Waals surface area contributed by atoms with Crippen LogP contribution in [0.5, 0.6) is 0 Å². The van der Waals surface area contributed by atoms with Crippen molar-refractivity contribution in [3.8, 4) is 5.82 Å². The Morgan fingerprint density at radius 1 is 1.22 bits per heavy atom. The van der Waals surface area contributed by atoms with Crippen LogP contribution < -0.4 is 16.0 Å². The Hall–Kier alpha value is -2.24. The maximum Gasteiger partial charge on any atom is 0.337 e. The highest BCUT2D eigenvalue weighted by molar-refractivity contribution is 5.36. The zero-order valence-electron chi connectivity index (χ0n) is 10.2. The van der Waals surface area contributed by atoms with Gasteiger partial charge in [0.1, 0.15) is 11.9 Å². The number of nitrogens with zero attached hydrogens (tertiary/aromatic N) is 4. The van der Waals surface area contributed by atoms with E-state index in [4.69, 9.17) is 11.5 Å². The van der Waals surface area contributed by atoms with Crippen molar-refractivity contribution in [1.82, 2.24) is 15.0 Å². The average molecular weight is 243 g/mol. The summed E-state index contributed by atoms with van der Waals surface area (Å²) in [5, 5.41) is 0. The second-order valence-electron chi connectivity index (χ2n) is 4.60. The van der Waals surface area contributed by atoms with Crippen LogP contribution in [-0.4, -0.2) is 15.0 Å². The lowest BCUT2D eigenvalue weighted by Gasteiger charge is -2.05. The lowest BCUT2D eigenvalue weighted by Crippen LogP contribution is -2.37. The number of nitrogens with two attached hydrogens (primary N) is 2. The molecular formula is C12H15N6+. The Morgan fingerprint density at radius 3 is 2.72 bits per heavy atom. The van der Waals surface area contributed by atoms with Gasteiger partial charge in [0.15, 0.2) is 5.82 Å². The van der Waals surface area contributed by atoms with Gasteiger partial charge in [0, 0.05) is 6.20 Å². The molecular weight excluding hydrogens is 228 g/mol. The molecule has 0 unspecified atom stereocenters. The van der Waals surface area contributed by atoms with Crippen molar-refractivity contribution in [2.24, 2.45) is 0 Å². The fourth-order valence-electron chi connectivity index (χ4n) is 2.00. The van der Waals surface area contributed by atoms with Crippen LogP contribution in [0.15, 0.2) is 18.6 Å². The number of aryl methyl sites for hydroxylation is 1. The predicted octanol–water partition coefficient (Wildman–Crippen LogP) is 0.499. The quantitative estimate of drug-likeness (QED) is 0.749. The Balaban J connectivity index is 2.20. The van der Waals surface area contributed by atoms with Crippen molar-refractivity contribution in [2.45, 2.75) is 25.7 Å². The second kappa shape index (κ2) is 3.90. The summed E-state index contributed by atoms with van der Waals surface area (Å²) >= 11 is 0. The summed E-state index contributed by atoms with van der Waals surface area (Å²) in [6, 6.07) is 0. The highest BCUT2D eigenvalue weighted by atomic mass is 15.1. The minimum absolute atomic E-state index is 0.275. The first-order valence-corrected chi connectivity index (χ1v) is 5.91. The Morgan fingerprint density at radius 2 is 2.00 bits per heavy atom. The van der Waals surface area contributed by atoms with E-state index in [1.54, 1.807) is 12.4 Å². The van der Waals surface area contributed by atoms with Crippen molar-refractivity contribution < 1.29 is 4.57 Å². The number of hydrogen-bond acceptors (Lipinski definition) is 5. The molecule has 6 heteroatoms. The van der Waals surface area contributed by atoms with Crippen LogP contribution in [-0.2, 0) is 0 Å². The minimum Gasteiger partial charge on any atom is -0.381 e. The SMILES string of the molecule is Cc1cnc(N)c[n+]1-c1nc(N)ncc1C1CC1. The minimum atomic E-state index is 0.275. The molecule has 0 spiro atoms. The summed E-state index contributed by atoms with van der Waals surface area (Å²) in [7, 11) is 0. The summed E-state index contributed by atoms with van der Waals surface area (Å²) in [5.41, 5.74) is 13.5. The normalized spacial score (nSPS) is 14.7. The molecule has 1 fully saturated rings. The van der Waals surface area contributed by atoms with Gasteiger partial charge in [0.25, 0.3) is 0 Å². The zero-order chi connectivity index (χ0) is 12.7. The van der Waals surface area contributed by atoms with E-state index < -0.39 is 0 Å². The van der Waals surface area contributed by atoms with E-state index in [9.17, 15) is 0 Å². The largest absolute Gasteiger partial charge is 0.381 e. The number of nitrogen functional groups attached to an aromatic ring is 2. The topological polar surface area (TPSA) is 94.6 Å². The summed E-state index contributed by atoms with van der Waals surface area (Å²) in [4.78, 5) is 12.5. The molecule has 2 aromatic rings. The molecule has 0 saturated heterocycles. The molecule has 1 aliphatic carbocycles. The number of rotatable bonds is 2. The van der Waals surface area contributed by atoms with Crippen LogP contribution in [0.1, 0.15) is 30.0 Å². The molecule has 4 N–H and O–H groups in total. The van der Waals surface area contributed by atoms with Crippen molar-refractivity contribution in [2.75, 3.05) is 11.5 Å². The molecule has 92 valence electrons. The molecule has 1 aliphatic rings. The van der Waals surface area contributed by atoms with Crippen LogP contribution in [0.4, 0.5) is 11.8 Å². The first kappa shape index (κ1) is 10.9. The molecule has 0 aliphatic heterocycles. The smallest absolute Gasteiger partial charge is 0.337 e. The van der Waals surface area contributed by atoms with Crippen molar-refractivity contribution in [3.63, 3.8) is 0 Å². The standard InChI is InChI=1S/C12H15N6/c1-7-4-15-10(13)6-18(7)11-9(8-2-3-8)5-16-12(14)17-11/h4-6,8H,2-3H2,1H3,(H2,13,15)(H2,14,16,17)/q+1. The van der Waals surface area contributed by atoms with Crippen LogP contribution >= 0.6 is 0 Å². The monoisotopic (exact) mass is 243 g/mol. The summed E-state index contributed by atoms with van der Waals surface area (Å²) in [6.07, 6.45) is 7.67. The third kappa shape index (κ3) is 1.85. The fourth-order valence-corrected chi connectivity index (χ4v) is 2.00. The molecule has 2 heterocycles. The van der Waals surface area contributed by atoms with Crippen LogP contribution in [0.3, 0.4) is 0 Å². The summed E-state index contributed by atoms with van der Waals surface area (Å²) in [6.45, 7) is 1.96. The van der Waals surface area contributed by atoms with Gasteiger partial charge in [-0.15, -0.1) is 0 Å². The molecule has 1 saturated carbocycles. The Bertz CT molecular complexity index is 606. The molecule has 0 atom stereocenters. The molecule has 0 amide bonds. The van der Waals surface area contributed by atoms with E-state index in [-0.39, 0.29) is 5.95 Å². The Kier molecular flexibility index (Phi) is 2.36. The zero-order valence-corrected chi connectivity index (χ0v) is 10.2. The third-order valence-electron chi connectivity index (χ3n) is 3.10. The summed E-state index contributed by atoms with van der Waals surface area (Å²) in [5.74, 6) is 2.09. The van der Waals surface area contributed by atoms with Gasteiger partial charge in [-0.1, -0.05) is 0 Å². The van der Waals surface area contributed by atoms with E-state index in [1.165, 1.54) is 12.8 Å². The van der Waals surface area contributed by atoms with E-state index in [1.807, 2.05) is 17.7 Å². The van der Waals surface area contributed by atoms with Gasteiger partial charge in [0.05, 0.1) is 11.8 Å². The van der Waals surface area contributed by atoms with Gasteiger partial charge in [-0.3, -0.25) is 0 Å². The number of aromatic nitrogens is 4. The van der Waals surface area contributed by atoms with E-state index >= 15 is 0 Å². The van der Waals surface area contributed by atoms with Gasteiger partial charge in [-0.2, -0.15) is 9.55 Å². The van der Waals surface area contributed by atoms with Gasteiger partial charge >= 0.3 is 11.8 Å². The highest BCUT2D eigenvalue weighted by Crippen LogP contribution is 2.41. The fraction of sp³-hybridized carbons (Fsp3) is 0.333. The van der Waals surface area contributed by atoms with E-state index in [0.717, 1.165) is 17.1 Å². The van der Waals surface area contributed by atoms with Crippen LogP contribution in [0.25, 0.3) is 5.82 Å². The molecule has 6 nitrogen and oxygen atoms in total. The molecule has 0 aromatic carbocycles. The first-order valence-electron chi connectivity index (χ1n) is 5.91. The third-order valence-corrected chi connectivity index (χ3v) is 3.10. The van der Waals surface area contributed by atoms with Crippen molar-refractivity contribution in [1.29, 1.82) is 0 Å². The van der Waals surface area contributed by atoms with Gasteiger partial charge in [-0.05, 0) is 30.7 Å². The molecule has 3 rings (SSSR count). The van der Waals surface area contributed by atoms with Gasteiger partial charge in [-0.25, -0.2) is 4.98 Å². The first-order chi connectivity index (χ1) is 8.65. The predicted molar refractivity (Wildman–Crippen MR) is 66.9 cm³/mol. The van der Waals surface area contributed by atoms with Crippen LogP contribution in [0.2, 0.25) is 0 Å². The summed E-state index contributed by atoms with van der Waals surface area (Å²) < 4.78 is 1.92. The molecule has 0 radical (unpaired) electrons. The maximum atomic E-state index is 5.74. The lowest BCUT2D eigenvalue weighted by atomic mass is 10.2. The van der Waals surface area contributed by atoms with Crippen molar-refractivity contribution >= 4 is 11.8 Å².